The largest absolute Gasteiger partial charge is 0.345 e. The van der Waals surface area contributed by atoms with Gasteiger partial charge in [-0.05, 0) is 70.9 Å². The first-order valence-electron chi connectivity index (χ1n) is 9.23. The predicted molar refractivity (Wildman–Crippen MR) is 130 cm³/mol. The number of hydrogen-bond donors (Lipinski definition) is 2. The molecule has 4 aromatic rings. The summed E-state index contributed by atoms with van der Waals surface area (Å²) >= 11 is 3.26. The highest BCUT2D eigenvalue weighted by Gasteiger charge is 2.24. The maximum atomic E-state index is 13.1. The van der Waals surface area contributed by atoms with Gasteiger partial charge >= 0.3 is 0 Å². The van der Waals surface area contributed by atoms with Crippen LogP contribution in [0.2, 0.25) is 0 Å². The number of rotatable bonds is 6. The molecular formula is C21H17IN4O3S2. The summed E-state index contributed by atoms with van der Waals surface area (Å²) in [7, 11) is -4.04. The first kappa shape index (κ1) is 21.7. The molecule has 158 valence electrons. The van der Waals surface area contributed by atoms with E-state index in [0.717, 1.165) is 9.13 Å². The Kier molecular flexibility index (Phi) is 6.21. The number of fused-ring (bicyclic) bond motifs is 1. The molecule has 2 aromatic carbocycles. The van der Waals surface area contributed by atoms with Crippen molar-refractivity contribution in [1.29, 1.82) is 0 Å². The molecule has 4 rings (SSSR count). The van der Waals surface area contributed by atoms with Gasteiger partial charge in [0.05, 0.1) is 33.6 Å². The molecule has 0 bridgehead atoms. The van der Waals surface area contributed by atoms with Gasteiger partial charge in [0.1, 0.15) is 0 Å². The average Bonchev–Trinajstić information content (AvgIpc) is 3.23. The Balaban J connectivity index is 1.65. The molecule has 31 heavy (non-hydrogen) atoms. The lowest BCUT2D eigenvalue weighted by molar-refractivity contribution is 0.0941. The van der Waals surface area contributed by atoms with Gasteiger partial charge in [-0.15, -0.1) is 0 Å². The van der Waals surface area contributed by atoms with Crippen LogP contribution in [0.15, 0.2) is 72.0 Å². The Labute approximate surface area is 197 Å². The van der Waals surface area contributed by atoms with Gasteiger partial charge in [0.15, 0.2) is 5.03 Å². The highest BCUT2D eigenvalue weighted by atomic mass is 127. The zero-order chi connectivity index (χ0) is 22.0. The molecule has 0 radical (unpaired) electrons. The fraction of sp³-hybridized carbons (Fsp3) is 0.0952. The molecule has 7 nitrogen and oxygen atoms in total. The minimum atomic E-state index is -4.04. The summed E-state index contributed by atoms with van der Waals surface area (Å²) < 4.78 is 34.3. The van der Waals surface area contributed by atoms with Crippen molar-refractivity contribution in [1.82, 2.24) is 14.7 Å². The zero-order valence-corrected chi connectivity index (χ0v) is 20.0. The van der Waals surface area contributed by atoms with Gasteiger partial charge in [0.2, 0.25) is 0 Å². The first-order valence-corrected chi connectivity index (χ1v) is 12.6. The summed E-state index contributed by atoms with van der Waals surface area (Å²) in [6.45, 7) is 1.87. The van der Waals surface area contributed by atoms with E-state index in [2.05, 4.69) is 42.0 Å². The quantitative estimate of drug-likeness (QED) is 0.334. The van der Waals surface area contributed by atoms with E-state index in [0.29, 0.717) is 10.1 Å². The van der Waals surface area contributed by atoms with Gasteiger partial charge in [-0.25, -0.2) is 4.98 Å². The molecule has 0 spiro atoms. The molecule has 0 aliphatic carbocycles. The summed E-state index contributed by atoms with van der Waals surface area (Å²) in [6.07, 6.45) is 2.91. The van der Waals surface area contributed by atoms with Crippen molar-refractivity contribution in [3.05, 3.63) is 81.7 Å². The summed E-state index contributed by atoms with van der Waals surface area (Å²) in [6, 6.07) is 16.0. The van der Waals surface area contributed by atoms with E-state index in [-0.39, 0.29) is 28.2 Å². The summed E-state index contributed by atoms with van der Waals surface area (Å²) in [5.41, 5.74) is 1.36. The smallest absolute Gasteiger partial charge is 0.280 e. The molecule has 2 N–H and O–H groups in total. The molecule has 0 aliphatic rings. The molecule has 1 atom stereocenters. The fourth-order valence-corrected chi connectivity index (χ4v) is 5.48. The van der Waals surface area contributed by atoms with Crippen LogP contribution in [0.5, 0.6) is 0 Å². The molecule has 2 heterocycles. The number of hydrogen-bond acceptors (Lipinski definition) is 6. The molecule has 2 aromatic heterocycles. The maximum absolute atomic E-state index is 13.1. The van der Waals surface area contributed by atoms with Gasteiger partial charge in [-0.1, -0.05) is 30.3 Å². The van der Waals surface area contributed by atoms with E-state index < -0.39 is 10.0 Å². The number of amides is 1. The van der Waals surface area contributed by atoms with E-state index >= 15 is 0 Å². The summed E-state index contributed by atoms with van der Waals surface area (Å²) in [5.74, 6) is -0.381. The molecular weight excluding hydrogens is 547 g/mol. The third-order valence-electron chi connectivity index (χ3n) is 4.62. The monoisotopic (exact) mass is 564 g/mol. The normalized spacial score (nSPS) is 12.5. The van der Waals surface area contributed by atoms with Crippen LogP contribution in [0.25, 0.3) is 10.1 Å². The second-order valence-corrected chi connectivity index (χ2v) is 10.4. The lowest BCUT2D eigenvalue weighted by Gasteiger charge is -2.17. The third-order valence-corrected chi connectivity index (χ3v) is 7.38. The molecule has 0 unspecified atom stereocenters. The Morgan fingerprint density at radius 2 is 1.90 bits per heavy atom. The van der Waals surface area contributed by atoms with Crippen molar-refractivity contribution in [3.63, 3.8) is 0 Å². The molecule has 1 amide bonds. The van der Waals surface area contributed by atoms with E-state index in [9.17, 15) is 13.2 Å². The lowest BCUT2D eigenvalue weighted by Crippen LogP contribution is -2.28. The number of aromatic nitrogens is 2. The number of sulfonamides is 1. The lowest BCUT2D eigenvalue weighted by atomic mass is 10.1. The van der Waals surface area contributed by atoms with Crippen LogP contribution < -0.4 is 10.0 Å². The van der Waals surface area contributed by atoms with E-state index in [1.807, 2.05) is 37.3 Å². The number of benzene rings is 2. The zero-order valence-electron chi connectivity index (χ0n) is 16.2. The molecule has 10 heteroatoms. The summed E-state index contributed by atoms with van der Waals surface area (Å²) in [4.78, 5) is 17.0. The number of halogens is 1. The van der Waals surface area contributed by atoms with Gasteiger partial charge in [-0.3, -0.25) is 9.52 Å². The highest BCUT2D eigenvalue weighted by Crippen LogP contribution is 2.27. The van der Waals surface area contributed by atoms with Gasteiger partial charge in [-0.2, -0.15) is 12.8 Å². The standard InChI is InChI=1S/C21H17IN4O3S2/c1-13(14-5-3-2-4-6-14)25-20(27)16-8-7-15(22)11-18(16)26-31(28,29)21-17-12-24-30-19(17)9-10-23-21/h2-13,26H,1H3,(H,25,27)/t13-/m1/s1. The number of carbonyl (C=O) groups is 1. The number of nitrogens with zero attached hydrogens (tertiary/aromatic N) is 2. The van der Waals surface area contributed by atoms with Gasteiger partial charge in [0.25, 0.3) is 15.9 Å². The van der Waals surface area contributed by atoms with Gasteiger partial charge < -0.3 is 5.32 Å². The number of pyridine rings is 1. The fourth-order valence-electron chi connectivity index (χ4n) is 3.08. The van der Waals surface area contributed by atoms with E-state index in [1.54, 1.807) is 24.3 Å². The van der Waals surface area contributed by atoms with Crippen LogP contribution in [-0.2, 0) is 10.0 Å². The van der Waals surface area contributed by atoms with Crippen LogP contribution in [0.4, 0.5) is 5.69 Å². The van der Waals surface area contributed by atoms with E-state index in [4.69, 9.17) is 0 Å². The Morgan fingerprint density at radius 1 is 1.13 bits per heavy atom. The van der Waals surface area contributed by atoms with Crippen molar-refractivity contribution in [3.8, 4) is 0 Å². The first-order chi connectivity index (χ1) is 14.8. The SMILES string of the molecule is C[C@@H](NC(=O)c1ccc(I)cc1NS(=O)(=O)c1nccc2sncc12)c1ccccc1. The van der Waals surface area contributed by atoms with Crippen molar-refractivity contribution in [2.24, 2.45) is 0 Å². The van der Waals surface area contributed by atoms with Crippen LogP contribution in [0.3, 0.4) is 0 Å². The number of anilines is 1. The number of nitrogens with one attached hydrogen (secondary N) is 2. The topological polar surface area (TPSA) is 101 Å². The van der Waals surface area contributed by atoms with Crippen molar-refractivity contribution in [2.75, 3.05) is 4.72 Å². The van der Waals surface area contributed by atoms with Gasteiger partial charge in [0, 0.05) is 9.77 Å². The highest BCUT2D eigenvalue weighted by molar-refractivity contribution is 14.1. The third kappa shape index (κ3) is 4.70. The molecule has 0 aliphatic heterocycles. The Hall–Kier alpha value is -2.57. The molecule has 0 saturated carbocycles. The maximum Gasteiger partial charge on any atom is 0.280 e. The minimum absolute atomic E-state index is 0.123. The van der Waals surface area contributed by atoms with Crippen LogP contribution in [0, 0.1) is 3.57 Å². The average molecular weight is 564 g/mol. The Bertz CT molecular complexity index is 1360. The molecule has 0 saturated heterocycles. The van der Waals surface area contributed by atoms with Crippen LogP contribution in [0.1, 0.15) is 28.9 Å². The van der Waals surface area contributed by atoms with Crippen molar-refractivity contribution in [2.45, 2.75) is 18.0 Å². The summed E-state index contributed by atoms with van der Waals surface area (Å²) in [5, 5.41) is 3.24. The van der Waals surface area contributed by atoms with E-state index in [1.165, 1.54) is 23.9 Å². The van der Waals surface area contributed by atoms with Crippen molar-refractivity contribution >= 4 is 65.8 Å². The van der Waals surface area contributed by atoms with Crippen LogP contribution in [-0.4, -0.2) is 23.7 Å². The molecule has 0 fully saturated rings. The second kappa shape index (κ2) is 8.89. The van der Waals surface area contributed by atoms with Crippen molar-refractivity contribution < 1.29 is 13.2 Å². The second-order valence-electron chi connectivity index (χ2n) is 6.75. The Morgan fingerprint density at radius 3 is 2.68 bits per heavy atom. The predicted octanol–water partition coefficient (Wildman–Crippen LogP) is 4.59. The minimum Gasteiger partial charge on any atom is -0.345 e. The van der Waals surface area contributed by atoms with Crippen LogP contribution >= 0.6 is 34.1 Å². The number of carbonyl (C=O) groups excluding carboxylic acids is 1.